The highest BCUT2D eigenvalue weighted by atomic mass is 32.2. The highest BCUT2D eigenvalue weighted by molar-refractivity contribution is 7.86. The molecule has 1 aliphatic heterocycles. The quantitative estimate of drug-likeness (QED) is 0.748. The largest absolute Gasteiger partial charge is 0.462 e. The Kier molecular flexibility index (Phi) is 6.74. The first-order valence-corrected chi connectivity index (χ1v) is 9.91. The van der Waals surface area contributed by atoms with E-state index in [0.717, 1.165) is 4.31 Å². The number of hydrogen-bond acceptors (Lipinski definition) is 5. The number of anilines is 1. The fourth-order valence-corrected chi connectivity index (χ4v) is 4.00. The number of rotatable bonds is 6. The van der Waals surface area contributed by atoms with E-state index in [-0.39, 0.29) is 24.6 Å². The van der Waals surface area contributed by atoms with Crippen molar-refractivity contribution in [3.05, 3.63) is 29.8 Å². The number of nitrogens with zero attached hydrogens (tertiary/aromatic N) is 2. The van der Waals surface area contributed by atoms with Gasteiger partial charge in [-0.1, -0.05) is 12.1 Å². The third-order valence-electron chi connectivity index (χ3n) is 4.22. The monoisotopic (exact) mass is 383 g/mol. The number of piperidine rings is 1. The molecule has 8 nitrogen and oxygen atoms in total. The predicted molar refractivity (Wildman–Crippen MR) is 97.9 cm³/mol. The Hall–Kier alpha value is -1.97. The van der Waals surface area contributed by atoms with Gasteiger partial charge in [0.05, 0.1) is 23.8 Å². The van der Waals surface area contributed by atoms with Gasteiger partial charge in [-0.25, -0.2) is 4.79 Å². The van der Waals surface area contributed by atoms with Gasteiger partial charge in [-0.2, -0.15) is 17.0 Å². The van der Waals surface area contributed by atoms with E-state index < -0.39 is 22.1 Å². The summed E-state index contributed by atoms with van der Waals surface area (Å²) in [6, 6.07) is 6.61. The summed E-state index contributed by atoms with van der Waals surface area (Å²) in [7, 11) is -0.622. The molecular formula is C17H25N3O5S. The van der Waals surface area contributed by atoms with Crippen molar-refractivity contribution in [1.29, 1.82) is 0 Å². The van der Waals surface area contributed by atoms with Crippen LogP contribution in [0.15, 0.2) is 24.3 Å². The first kappa shape index (κ1) is 20.3. The van der Waals surface area contributed by atoms with Crippen LogP contribution < -0.4 is 5.32 Å². The third kappa shape index (κ3) is 4.60. The lowest BCUT2D eigenvalue weighted by Gasteiger charge is -2.32. The topological polar surface area (TPSA) is 96.0 Å². The molecule has 1 saturated heterocycles. The minimum atomic E-state index is -3.56. The highest BCUT2D eigenvalue weighted by Gasteiger charge is 2.33. The van der Waals surface area contributed by atoms with Gasteiger partial charge in [0, 0.05) is 27.2 Å². The molecule has 0 radical (unpaired) electrons. The second-order valence-electron chi connectivity index (χ2n) is 6.24. The standard InChI is InChI=1S/C17H25N3O5S/c1-4-25-17(22)14-9-5-6-10-15(14)18-16(21)13-8-7-11-20(12-13)26(23,24)19(2)3/h5-6,9-10,13H,4,7-8,11-12H2,1-3H3,(H,18,21)/t13-/m0/s1. The molecule has 2 rings (SSSR count). The minimum Gasteiger partial charge on any atom is -0.462 e. The van der Waals surface area contributed by atoms with Crippen molar-refractivity contribution in [3.8, 4) is 0 Å². The van der Waals surface area contributed by atoms with Gasteiger partial charge in [-0.05, 0) is 31.9 Å². The van der Waals surface area contributed by atoms with Crippen molar-refractivity contribution in [2.75, 3.05) is 39.1 Å². The molecular weight excluding hydrogens is 358 g/mol. The minimum absolute atomic E-state index is 0.119. The number of ether oxygens (including phenoxy) is 1. The summed E-state index contributed by atoms with van der Waals surface area (Å²) in [4.78, 5) is 24.7. The van der Waals surface area contributed by atoms with E-state index in [9.17, 15) is 18.0 Å². The van der Waals surface area contributed by atoms with Crippen LogP contribution in [0.4, 0.5) is 5.69 Å². The van der Waals surface area contributed by atoms with Crippen molar-refractivity contribution < 1.29 is 22.7 Å². The average Bonchev–Trinajstić information content (AvgIpc) is 2.62. The number of benzene rings is 1. The molecule has 1 heterocycles. The normalized spacial score (nSPS) is 18.5. The lowest BCUT2D eigenvalue weighted by Crippen LogP contribution is -2.47. The van der Waals surface area contributed by atoms with Crippen molar-refractivity contribution in [3.63, 3.8) is 0 Å². The van der Waals surface area contributed by atoms with Crippen LogP contribution in [0.25, 0.3) is 0 Å². The van der Waals surface area contributed by atoms with Crippen molar-refractivity contribution in [2.45, 2.75) is 19.8 Å². The second kappa shape index (κ2) is 8.61. The van der Waals surface area contributed by atoms with Crippen LogP contribution in [0.5, 0.6) is 0 Å². The summed E-state index contributed by atoms with van der Waals surface area (Å²) >= 11 is 0. The molecule has 0 spiro atoms. The molecule has 1 aromatic rings. The zero-order valence-electron chi connectivity index (χ0n) is 15.3. The summed E-state index contributed by atoms with van der Waals surface area (Å²) < 4.78 is 32.0. The van der Waals surface area contributed by atoms with Gasteiger partial charge in [0.25, 0.3) is 10.2 Å². The summed E-state index contributed by atoms with van der Waals surface area (Å²) in [6.45, 7) is 2.46. The molecule has 9 heteroatoms. The average molecular weight is 383 g/mol. The Bertz CT molecular complexity index is 763. The Morgan fingerprint density at radius 2 is 2.00 bits per heavy atom. The number of para-hydroxylation sites is 1. The smallest absolute Gasteiger partial charge is 0.340 e. The Labute approximate surface area is 154 Å². The van der Waals surface area contributed by atoms with E-state index in [0.29, 0.717) is 25.1 Å². The molecule has 0 bridgehead atoms. The maximum atomic E-state index is 12.6. The molecule has 0 aromatic heterocycles. The van der Waals surface area contributed by atoms with E-state index in [1.165, 1.54) is 18.4 Å². The molecule has 0 aliphatic carbocycles. The van der Waals surface area contributed by atoms with Crippen molar-refractivity contribution in [1.82, 2.24) is 8.61 Å². The molecule has 1 fully saturated rings. The number of hydrogen-bond donors (Lipinski definition) is 1. The lowest BCUT2D eigenvalue weighted by atomic mass is 9.98. The molecule has 1 aromatic carbocycles. The second-order valence-corrected chi connectivity index (χ2v) is 8.39. The Morgan fingerprint density at radius 3 is 2.65 bits per heavy atom. The molecule has 1 amide bonds. The van der Waals surface area contributed by atoms with Crippen molar-refractivity contribution >= 4 is 27.8 Å². The first-order chi connectivity index (χ1) is 12.3. The maximum Gasteiger partial charge on any atom is 0.340 e. The fraction of sp³-hybridized carbons (Fsp3) is 0.529. The Morgan fingerprint density at radius 1 is 1.31 bits per heavy atom. The molecule has 1 aliphatic rings. The van der Waals surface area contributed by atoms with Crippen molar-refractivity contribution in [2.24, 2.45) is 5.92 Å². The van der Waals surface area contributed by atoms with Gasteiger partial charge in [0.15, 0.2) is 0 Å². The van der Waals surface area contributed by atoms with Gasteiger partial charge in [0.1, 0.15) is 0 Å². The van der Waals surface area contributed by atoms with Crippen LogP contribution in [0.1, 0.15) is 30.1 Å². The van der Waals surface area contributed by atoms with Gasteiger partial charge < -0.3 is 10.1 Å². The number of nitrogens with one attached hydrogen (secondary N) is 1. The SMILES string of the molecule is CCOC(=O)c1ccccc1NC(=O)[C@H]1CCCN(S(=O)(=O)N(C)C)C1. The molecule has 144 valence electrons. The van der Waals surface area contributed by atoms with E-state index in [1.54, 1.807) is 31.2 Å². The van der Waals surface area contributed by atoms with Gasteiger partial charge in [-0.15, -0.1) is 0 Å². The predicted octanol–water partition coefficient (Wildman–Crippen LogP) is 1.32. The summed E-state index contributed by atoms with van der Waals surface area (Å²) in [5.41, 5.74) is 0.639. The summed E-state index contributed by atoms with van der Waals surface area (Å²) in [5, 5.41) is 2.75. The summed E-state index contributed by atoms with van der Waals surface area (Å²) in [5.74, 6) is -1.29. The molecule has 0 unspecified atom stereocenters. The number of carbonyl (C=O) groups excluding carboxylic acids is 2. The lowest BCUT2D eigenvalue weighted by molar-refractivity contribution is -0.120. The maximum absolute atomic E-state index is 12.6. The molecule has 26 heavy (non-hydrogen) atoms. The van der Waals surface area contributed by atoms with E-state index in [4.69, 9.17) is 4.74 Å². The van der Waals surface area contributed by atoms with Crippen LogP contribution in [-0.2, 0) is 19.7 Å². The van der Waals surface area contributed by atoms with Crippen LogP contribution in [0.2, 0.25) is 0 Å². The fourth-order valence-electron chi connectivity index (χ4n) is 2.81. The van der Waals surface area contributed by atoms with Gasteiger partial charge in [0.2, 0.25) is 5.91 Å². The number of esters is 1. The number of amides is 1. The van der Waals surface area contributed by atoms with Crippen LogP contribution in [0, 0.1) is 5.92 Å². The number of carbonyl (C=O) groups is 2. The van der Waals surface area contributed by atoms with E-state index in [1.807, 2.05) is 0 Å². The van der Waals surface area contributed by atoms with Gasteiger partial charge in [-0.3, -0.25) is 4.79 Å². The molecule has 1 atom stereocenters. The Balaban J connectivity index is 2.12. The van der Waals surface area contributed by atoms with Crippen LogP contribution in [0.3, 0.4) is 0 Å². The zero-order valence-corrected chi connectivity index (χ0v) is 16.1. The van der Waals surface area contributed by atoms with Crippen LogP contribution >= 0.6 is 0 Å². The first-order valence-electron chi connectivity index (χ1n) is 8.52. The molecule has 0 saturated carbocycles. The summed E-state index contributed by atoms with van der Waals surface area (Å²) in [6.07, 6.45) is 1.19. The molecule has 1 N–H and O–H groups in total. The van der Waals surface area contributed by atoms with Gasteiger partial charge >= 0.3 is 5.97 Å². The third-order valence-corrected chi connectivity index (χ3v) is 6.13. The highest BCUT2D eigenvalue weighted by Crippen LogP contribution is 2.23. The zero-order chi connectivity index (χ0) is 19.3. The van der Waals surface area contributed by atoms with E-state index in [2.05, 4.69) is 5.32 Å². The van der Waals surface area contributed by atoms with E-state index >= 15 is 0 Å². The van der Waals surface area contributed by atoms with Crippen LogP contribution in [-0.4, -0.2) is 62.7 Å².